The van der Waals surface area contributed by atoms with Gasteiger partial charge >= 0.3 is 0 Å². The highest BCUT2D eigenvalue weighted by Crippen LogP contribution is 2.28. The van der Waals surface area contributed by atoms with Gasteiger partial charge < -0.3 is 10.8 Å². The Morgan fingerprint density at radius 1 is 1.11 bits per heavy atom. The van der Waals surface area contributed by atoms with E-state index >= 15 is 0 Å². The summed E-state index contributed by atoms with van der Waals surface area (Å²) >= 11 is 1.65. The highest BCUT2D eigenvalue weighted by molar-refractivity contribution is 7.99. The molecule has 0 spiro atoms. The molecule has 0 heterocycles. The second-order valence-corrected chi connectivity index (χ2v) is 5.28. The summed E-state index contributed by atoms with van der Waals surface area (Å²) in [5.74, 6) is 0.610. The van der Waals surface area contributed by atoms with Crippen molar-refractivity contribution in [3.63, 3.8) is 0 Å². The number of hydrogen-bond acceptors (Lipinski definition) is 3. The van der Waals surface area contributed by atoms with Crippen molar-refractivity contribution in [1.82, 2.24) is 0 Å². The fourth-order valence-corrected chi connectivity index (χ4v) is 2.78. The largest absolute Gasteiger partial charge is 0.398 e. The third kappa shape index (κ3) is 3.06. The Labute approximate surface area is 112 Å². The zero-order valence-electron chi connectivity index (χ0n) is 10.3. The van der Waals surface area contributed by atoms with E-state index in [1.807, 2.05) is 36.4 Å². The molecule has 2 aromatic carbocycles. The van der Waals surface area contributed by atoms with Gasteiger partial charge in [-0.05, 0) is 24.6 Å². The van der Waals surface area contributed by atoms with Gasteiger partial charge in [0.1, 0.15) is 0 Å². The molecule has 0 aliphatic rings. The summed E-state index contributed by atoms with van der Waals surface area (Å²) in [6, 6.07) is 15.6. The number of nitrogens with two attached hydrogens (primary N) is 1. The van der Waals surface area contributed by atoms with Gasteiger partial charge in [0.05, 0.1) is 6.10 Å². The van der Waals surface area contributed by atoms with E-state index < -0.39 is 6.10 Å². The lowest BCUT2D eigenvalue weighted by Crippen LogP contribution is -2.04. The van der Waals surface area contributed by atoms with Crippen LogP contribution in [0.1, 0.15) is 17.2 Å². The Morgan fingerprint density at radius 3 is 2.50 bits per heavy atom. The number of para-hydroxylation sites is 1. The number of thioether (sulfide) groups is 1. The molecule has 0 bridgehead atoms. The number of aliphatic hydroxyl groups excluding tert-OH is 1. The van der Waals surface area contributed by atoms with Crippen LogP contribution in [0.2, 0.25) is 0 Å². The van der Waals surface area contributed by atoms with Crippen molar-refractivity contribution in [3.8, 4) is 0 Å². The molecular weight excluding hydrogens is 242 g/mol. The Morgan fingerprint density at radius 2 is 1.78 bits per heavy atom. The normalized spacial score (nSPS) is 12.3. The molecule has 0 aliphatic carbocycles. The number of rotatable bonds is 4. The van der Waals surface area contributed by atoms with E-state index in [4.69, 9.17) is 5.73 Å². The maximum absolute atomic E-state index is 10.2. The molecule has 3 N–H and O–H groups in total. The van der Waals surface area contributed by atoms with Gasteiger partial charge in [0.15, 0.2) is 0 Å². The standard InChI is InChI=1S/C15H17NOS/c1-11-6-2-5-9-15(11)18-10-14(17)12-7-3-4-8-13(12)16/h2-9,14,17H,10,16H2,1H3. The van der Waals surface area contributed by atoms with E-state index in [-0.39, 0.29) is 0 Å². The van der Waals surface area contributed by atoms with Gasteiger partial charge in [0, 0.05) is 21.9 Å². The summed E-state index contributed by atoms with van der Waals surface area (Å²) in [6.45, 7) is 2.07. The van der Waals surface area contributed by atoms with Crippen LogP contribution >= 0.6 is 11.8 Å². The van der Waals surface area contributed by atoms with E-state index in [0.29, 0.717) is 11.4 Å². The van der Waals surface area contributed by atoms with E-state index in [1.165, 1.54) is 10.5 Å². The molecular formula is C15H17NOS. The minimum Gasteiger partial charge on any atom is -0.398 e. The Hall–Kier alpha value is -1.45. The van der Waals surface area contributed by atoms with E-state index in [9.17, 15) is 5.11 Å². The fraction of sp³-hybridized carbons (Fsp3) is 0.200. The van der Waals surface area contributed by atoms with Gasteiger partial charge in [-0.1, -0.05) is 36.4 Å². The van der Waals surface area contributed by atoms with Gasteiger partial charge in [-0.2, -0.15) is 0 Å². The molecule has 0 aromatic heterocycles. The molecule has 0 saturated heterocycles. The molecule has 3 heteroatoms. The van der Waals surface area contributed by atoms with E-state index in [2.05, 4.69) is 19.1 Å². The first kappa shape index (κ1) is 13.0. The van der Waals surface area contributed by atoms with Crippen molar-refractivity contribution in [2.75, 3.05) is 11.5 Å². The zero-order chi connectivity index (χ0) is 13.0. The molecule has 0 amide bonds. The number of hydrogen-bond donors (Lipinski definition) is 2. The van der Waals surface area contributed by atoms with Crippen LogP contribution in [-0.4, -0.2) is 10.9 Å². The number of benzene rings is 2. The highest BCUT2D eigenvalue weighted by atomic mass is 32.2. The zero-order valence-corrected chi connectivity index (χ0v) is 11.2. The summed E-state index contributed by atoms with van der Waals surface area (Å²) in [7, 11) is 0. The molecule has 2 aromatic rings. The van der Waals surface area contributed by atoms with Crippen LogP contribution in [0, 0.1) is 6.92 Å². The number of nitrogen functional groups attached to an aromatic ring is 1. The molecule has 0 radical (unpaired) electrons. The van der Waals surface area contributed by atoms with Crippen molar-refractivity contribution in [3.05, 3.63) is 59.7 Å². The Balaban J connectivity index is 2.03. The molecule has 0 aliphatic heterocycles. The van der Waals surface area contributed by atoms with Gasteiger partial charge in [0.25, 0.3) is 0 Å². The van der Waals surface area contributed by atoms with Gasteiger partial charge in [-0.15, -0.1) is 11.8 Å². The molecule has 18 heavy (non-hydrogen) atoms. The Kier molecular flexibility index (Phi) is 4.28. The van der Waals surface area contributed by atoms with Gasteiger partial charge in [0.2, 0.25) is 0 Å². The average molecular weight is 259 g/mol. The lowest BCUT2D eigenvalue weighted by Gasteiger charge is -2.13. The monoisotopic (exact) mass is 259 g/mol. The Bertz CT molecular complexity index is 527. The van der Waals surface area contributed by atoms with Crippen LogP contribution < -0.4 is 5.73 Å². The second-order valence-electron chi connectivity index (χ2n) is 4.22. The number of anilines is 1. The molecule has 1 atom stereocenters. The fourth-order valence-electron chi connectivity index (χ4n) is 1.79. The van der Waals surface area contributed by atoms with Crippen LogP contribution in [0.25, 0.3) is 0 Å². The van der Waals surface area contributed by atoms with Crippen LogP contribution in [0.5, 0.6) is 0 Å². The lowest BCUT2D eigenvalue weighted by atomic mass is 10.1. The minimum atomic E-state index is -0.532. The number of aliphatic hydroxyl groups is 1. The lowest BCUT2D eigenvalue weighted by molar-refractivity contribution is 0.205. The predicted octanol–water partition coefficient (Wildman–Crippen LogP) is 3.40. The highest BCUT2D eigenvalue weighted by Gasteiger charge is 2.11. The summed E-state index contributed by atoms with van der Waals surface area (Å²) < 4.78 is 0. The SMILES string of the molecule is Cc1ccccc1SCC(O)c1ccccc1N. The summed E-state index contributed by atoms with van der Waals surface area (Å²) in [5, 5.41) is 10.2. The molecule has 0 fully saturated rings. The summed E-state index contributed by atoms with van der Waals surface area (Å²) in [6.07, 6.45) is -0.532. The first-order valence-electron chi connectivity index (χ1n) is 5.89. The molecule has 94 valence electrons. The van der Waals surface area contributed by atoms with Crippen LogP contribution in [0.4, 0.5) is 5.69 Å². The van der Waals surface area contributed by atoms with E-state index in [1.54, 1.807) is 11.8 Å². The summed E-state index contributed by atoms with van der Waals surface area (Å²) in [4.78, 5) is 1.20. The molecule has 2 nitrogen and oxygen atoms in total. The van der Waals surface area contributed by atoms with Crippen molar-refractivity contribution >= 4 is 17.4 Å². The first-order valence-corrected chi connectivity index (χ1v) is 6.88. The second kappa shape index (κ2) is 5.94. The maximum Gasteiger partial charge on any atom is 0.0903 e. The molecule has 1 unspecified atom stereocenters. The van der Waals surface area contributed by atoms with Crippen LogP contribution in [-0.2, 0) is 0 Å². The van der Waals surface area contributed by atoms with Crippen molar-refractivity contribution in [2.45, 2.75) is 17.9 Å². The minimum absolute atomic E-state index is 0.532. The summed E-state index contributed by atoms with van der Waals surface area (Å²) in [5.41, 5.74) is 8.54. The third-order valence-electron chi connectivity index (χ3n) is 2.85. The van der Waals surface area contributed by atoms with Crippen molar-refractivity contribution in [1.29, 1.82) is 0 Å². The van der Waals surface area contributed by atoms with Gasteiger partial charge in [-0.3, -0.25) is 0 Å². The first-order chi connectivity index (χ1) is 8.68. The predicted molar refractivity (Wildman–Crippen MR) is 77.7 cm³/mol. The smallest absolute Gasteiger partial charge is 0.0903 e. The third-order valence-corrected chi connectivity index (χ3v) is 4.10. The van der Waals surface area contributed by atoms with Gasteiger partial charge in [-0.25, -0.2) is 0 Å². The maximum atomic E-state index is 10.2. The van der Waals surface area contributed by atoms with Crippen LogP contribution in [0.15, 0.2) is 53.4 Å². The van der Waals surface area contributed by atoms with Crippen LogP contribution in [0.3, 0.4) is 0 Å². The topological polar surface area (TPSA) is 46.2 Å². The average Bonchev–Trinajstić information content (AvgIpc) is 2.38. The number of aryl methyl sites for hydroxylation is 1. The molecule has 0 saturated carbocycles. The van der Waals surface area contributed by atoms with Crippen molar-refractivity contribution < 1.29 is 5.11 Å². The van der Waals surface area contributed by atoms with Crippen molar-refractivity contribution in [2.24, 2.45) is 0 Å². The van der Waals surface area contributed by atoms with E-state index in [0.717, 1.165) is 5.56 Å². The molecule has 2 rings (SSSR count). The quantitative estimate of drug-likeness (QED) is 0.653.